The van der Waals surface area contributed by atoms with Gasteiger partial charge in [-0.25, -0.2) is 0 Å². The van der Waals surface area contributed by atoms with Crippen molar-refractivity contribution in [2.45, 2.75) is 61.5 Å². The van der Waals surface area contributed by atoms with Gasteiger partial charge in [-0.1, -0.05) is 6.92 Å². The van der Waals surface area contributed by atoms with Crippen molar-refractivity contribution in [2.75, 3.05) is 0 Å². The van der Waals surface area contributed by atoms with E-state index in [1.54, 1.807) is 0 Å². The molecule has 2 saturated heterocycles. The van der Waals surface area contributed by atoms with E-state index < -0.39 is 23.1 Å². The molecule has 1 aliphatic carbocycles. The Morgan fingerprint density at radius 1 is 0.850 bits per heavy atom. The van der Waals surface area contributed by atoms with Gasteiger partial charge in [-0.05, 0) is 25.2 Å². The Hall–Kier alpha value is -0.360. The third kappa shape index (κ3) is 1.58. The molecule has 9 heteroatoms. The average Bonchev–Trinajstić information content (AvgIpc) is 2.69. The minimum absolute atomic E-state index is 0.178. The summed E-state index contributed by atoms with van der Waals surface area (Å²) in [4.78, 5) is 0. The van der Waals surface area contributed by atoms with Crippen LogP contribution in [0.25, 0.3) is 0 Å². The van der Waals surface area contributed by atoms with E-state index in [2.05, 4.69) is 6.92 Å². The molecule has 1 saturated carbocycles. The van der Waals surface area contributed by atoms with E-state index in [-0.39, 0.29) is 12.2 Å². The summed E-state index contributed by atoms with van der Waals surface area (Å²) in [6, 6.07) is 0. The van der Waals surface area contributed by atoms with Crippen LogP contribution in [0.2, 0.25) is 0 Å². The molecule has 2 heterocycles. The van der Waals surface area contributed by atoms with E-state index in [0.717, 1.165) is 19.3 Å². The van der Waals surface area contributed by atoms with Gasteiger partial charge in [0.05, 0.1) is 12.2 Å². The van der Waals surface area contributed by atoms with Crippen LogP contribution in [-0.4, -0.2) is 35.4 Å². The Bertz CT molecular complexity index is 428. The van der Waals surface area contributed by atoms with Crippen LogP contribution in [0.5, 0.6) is 0 Å². The molecule has 2 aliphatic heterocycles. The van der Waals surface area contributed by atoms with Crippen molar-refractivity contribution >= 4 is 0 Å². The van der Waals surface area contributed by atoms with Gasteiger partial charge in [0, 0.05) is 0 Å². The molecule has 20 heavy (non-hydrogen) atoms. The predicted molar refractivity (Wildman–Crippen MR) is 69.9 cm³/mol. The van der Waals surface area contributed by atoms with Crippen LogP contribution in [0.1, 0.15) is 26.2 Å². The summed E-state index contributed by atoms with van der Waals surface area (Å²) in [6.45, 7) is 2.14. The average molecular weight is 288 g/mol. The fourth-order valence-corrected chi connectivity index (χ4v) is 3.20. The third-order valence-electron chi connectivity index (χ3n) is 4.75. The molecule has 0 aromatic heterocycles. The molecule has 0 bridgehead atoms. The highest BCUT2D eigenvalue weighted by atomic mass is 16.9. The second-order valence-electron chi connectivity index (χ2n) is 6.42. The molecule has 0 aromatic carbocycles. The Kier molecular flexibility index (Phi) is 2.83. The zero-order valence-electron chi connectivity index (χ0n) is 11.5. The summed E-state index contributed by atoms with van der Waals surface area (Å²) in [7, 11) is 0. The first-order valence-electron chi connectivity index (χ1n) is 6.81. The molecule has 1 spiro atoms. The van der Waals surface area contributed by atoms with Crippen LogP contribution in [-0.2, 0) is 14.2 Å². The lowest BCUT2D eigenvalue weighted by Gasteiger charge is -2.40. The second-order valence-corrected chi connectivity index (χ2v) is 6.42. The lowest BCUT2D eigenvalue weighted by atomic mass is 9.87. The molecule has 4 unspecified atom stereocenters. The minimum Gasteiger partial charge on any atom is -0.319 e. The highest BCUT2D eigenvalue weighted by Crippen LogP contribution is 2.49. The van der Waals surface area contributed by atoms with E-state index in [0.29, 0.717) is 5.92 Å². The van der Waals surface area contributed by atoms with Crippen LogP contribution in [0.3, 0.4) is 0 Å². The number of rotatable bonds is 0. The Labute approximate surface area is 117 Å². The highest BCUT2D eigenvalue weighted by Gasteiger charge is 2.78. The van der Waals surface area contributed by atoms with Gasteiger partial charge >= 0.3 is 5.97 Å². The lowest BCUT2D eigenvalue weighted by molar-refractivity contribution is -0.365. The van der Waals surface area contributed by atoms with Crippen molar-refractivity contribution in [1.82, 2.24) is 0 Å². The number of hydrogen-bond acceptors (Lipinski definition) is 9. The number of nitrogens with two attached hydrogens (primary N) is 6. The van der Waals surface area contributed by atoms with Crippen LogP contribution in [0.15, 0.2) is 0 Å². The zero-order chi connectivity index (χ0) is 15.0. The molecular formula is C11H24N6O3. The molecule has 3 aliphatic rings. The molecule has 0 radical (unpaired) electrons. The SMILES string of the molecule is CC1CCC2OC3(OC2C1)OC(N)(N)C(N)(N)C3(N)N. The molecule has 3 fully saturated rings. The van der Waals surface area contributed by atoms with Gasteiger partial charge in [0.25, 0.3) is 0 Å². The fourth-order valence-electron chi connectivity index (χ4n) is 3.20. The first kappa shape index (κ1) is 14.6. The van der Waals surface area contributed by atoms with Crippen LogP contribution in [0.4, 0.5) is 0 Å². The first-order chi connectivity index (χ1) is 9.02. The van der Waals surface area contributed by atoms with Crippen molar-refractivity contribution in [3.8, 4) is 0 Å². The van der Waals surface area contributed by atoms with E-state index in [9.17, 15) is 0 Å². The topological polar surface area (TPSA) is 184 Å². The molecule has 12 N–H and O–H groups in total. The van der Waals surface area contributed by atoms with E-state index in [4.69, 9.17) is 48.6 Å². The summed E-state index contributed by atoms with van der Waals surface area (Å²) in [6.07, 6.45) is 2.29. The smallest absolute Gasteiger partial charge is 0.319 e. The molecule has 3 rings (SSSR count). The number of fused-ring (bicyclic) bond motifs is 1. The van der Waals surface area contributed by atoms with E-state index >= 15 is 0 Å². The largest absolute Gasteiger partial charge is 0.323 e. The summed E-state index contributed by atoms with van der Waals surface area (Å²) in [5, 5.41) is 0. The molecule has 0 aromatic rings. The van der Waals surface area contributed by atoms with Gasteiger partial charge in [-0.3, -0.25) is 16.2 Å². The van der Waals surface area contributed by atoms with Crippen LogP contribution >= 0.6 is 0 Å². The highest BCUT2D eigenvalue weighted by molar-refractivity contribution is 5.19. The third-order valence-corrected chi connectivity index (χ3v) is 4.75. The Balaban J connectivity index is 1.95. The number of hydrogen-bond donors (Lipinski definition) is 6. The van der Waals surface area contributed by atoms with Gasteiger partial charge < -0.3 is 32.4 Å². The standard InChI is InChI=1S/C11H24N6O3/c1-5-2-3-6-7(4-5)19-11(18-6)9(14,15)8(12,13)10(16,17)20-11/h5-7H,2-4,12-17H2,1H3. The van der Waals surface area contributed by atoms with Crippen molar-refractivity contribution < 1.29 is 14.2 Å². The lowest BCUT2D eigenvalue weighted by Crippen LogP contribution is -2.87. The normalized spacial score (nSPS) is 48.5. The van der Waals surface area contributed by atoms with Crippen LogP contribution < -0.4 is 34.4 Å². The molecule has 116 valence electrons. The summed E-state index contributed by atoms with van der Waals surface area (Å²) < 4.78 is 17.2. The monoisotopic (exact) mass is 288 g/mol. The molecule has 4 atom stereocenters. The maximum absolute atomic E-state index is 6.05. The van der Waals surface area contributed by atoms with Gasteiger partial charge in [-0.2, -0.15) is 0 Å². The summed E-state index contributed by atoms with van der Waals surface area (Å²) in [5.74, 6) is -3.27. The van der Waals surface area contributed by atoms with Crippen LogP contribution in [0, 0.1) is 5.92 Å². The van der Waals surface area contributed by atoms with Crippen molar-refractivity contribution in [3.05, 3.63) is 0 Å². The van der Waals surface area contributed by atoms with Crippen molar-refractivity contribution in [1.29, 1.82) is 0 Å². The maximum atomic E-state index is 6.05. The quantitative estimate of drug-likeness (QED) is 0.254. The summed E-state index contributed by atoms with van der Waals surface area (Å²) in [5.41, 5.74) is 31.7. The van der Waals surface area contributed by atoms with Gasteiger partial charge in [0.2, 0.25) is 5.85 Å². The van der Waals surface area contributed by atoms with E-state index in [1.807, 2.05) is 0 Å². The van der Waals surface area contributed by atoms with Gasteiger partial charge in [0.1, 0.15) is 0 Å². The first-order valence-corrected chi connectivity index (χ1v) is 6.81. The van der Waals surface area contributed by atoms with Gasteiger partial charge in [0.15, 0.2) is 11.3 Å². The minimum atomic E-state index is -1.96. The van der Waals surface area contributed by atoms with Crippen molar-refractivity contribution in [2.24, 2.45) is 40.3 Å². The Morgan fingerprint density at radius 3 is 2.00 bits per heavy atom. The maximum Gasteiger partial charge on any atom is 0.323 e. The summed E-state index contributed by atoms with van der Waals surface area (Å²) >= 11 is 0. The molecule has 0 amide bonds. The zero-order valence-corrected chi connectivity index (χ0v) is 11.5. The number of ether oxygens (including phenoxy) is 3. The second kappa shape index (κ2) is 3.88. The fraction of sp³-hybridized carbons (Fsp3) is 1.00. The predicted octanol–water partition coefficient (Wildman–Crippen LogP) is -2.93. The molecule has 9 nitrogen and oxygen atoms in total. The van der Waals surface area contributed by atoms with Crippen molar-refractivity contribution in [3.63, 3.8) is 0 Å². The van der Waals surface area contributed by atoms with Gasteiger partial charge in [-0.15, -0.1) is 0 Å². The Morgan fingerprint density at radius 2 is 1.45 bits per heavy atom. The van der Waals surface area contributed by atoms with E-state index in [1.165, 1.54) is 0 Å². The molecular weight excluding hydrogens is 264 g/mol.